The molecule has 0 amide bonds. The first-order chi connectivity index (χ1) is 9.02. The molecule has 1 aromatic carbocycles. The predicted octanol–water partition coefficient (Wildman–Crippen LogP) is 4.39. The maximum atomic E-state index is 11.6. The number of hydrogen-bond donors (Lipinski definition) is 0. The third kappa shape index (κ3) is 3.51. The number of carbonyl (C=O) groups excluding carboxylic acids is 1. The number of benzene rings is 1. The normalized spacial score (nSPS) is 11.3. The third-order valence-corrected chi connectivity index (χ3v) is 4.38. The summed E-state index contributed by atoms with van der Waals surface area (Å²) in [5.74, 6) is 0.0854. The Hall–Kier alpha value is -1.10. The second kappa shape index (κ2) is 7.07. The number of halogens is 2. The highest BCUT2D eigenvalue weighted by atomic mass is 35.5. The second-order valence-electron chi connectivity index (χ2n) is 4.19. The Morgan fingerprint density at radius 2 is 1.95 bits per heavy atom. The van der Waals surface area contributed by atoms with Crippen molar-refractivity contribution >= 4 is 46.8 Å². The van der Waals surface area contributed by atoms with E-state index in [-0.39, 0.29) is 18.2 Å². The first-order valence-electron chi connectivity index (χ1n) is 6.04. The van der Waals surface area contributed by atoms with Crippen molar-refractivity contribution in [2.24, 2.45) is 4.99 Å². The Bertz CT molecular complexity index is 671. The fraction of sp³-hybridized carbons (Fsp3) is 0.286. The molecular formula is C14H16Cl2N2OS. The van der Waals surface area contributed by atoms with Gasteiger partial charge < -0.3 is 4.57 Å². The van der Waals surface area contributed by atoms with E-state index in [1.165, 1.54) is 11.3 Å². The minimum absolute atomic E-state index is 0. The zero-order valence-electron chi connectivity index (χ0n) is 11.5. The number of rotatable bonds is 3. The number of carbonyl (C=O) groups is 1. The molecule has 0 fully saturated rings. The molecule has 2 aromatic rings. The van der Waals surface area contributed by atoms with Gasteiger partial charge in [-0.15, -0.1) is 12.4 Å². The summed E-state index contributed by atoms with van der Waals surface area (Å²) in [7, 11) is 0. The maximum absolute atomic E-state index is 11.6. The topological polar surface area (TPSA) is 34.4 Å². The highest BCUT2D eigenvalue weighted by Crippen LogP contribution is 2.17. The highest BCUT2D eigenvalue weighted by Gasteiger charge is 2.12. The van der Waals surface area contributed by atoms with E-state index in [1.807, 2.05) is 38.1 Å². The predicted molar refractivity (Wildman–Crippen MR) is 86.6 cm³/mol. The van der Waals surface area contributed by atoms with Gasteiger partial charge in [0.25, 0.3) is 0 Å². The number of aromatic nitrogens is 1. The van der Waals surface area contributed by atoms with Crippen molar-refractivity contribution < 1.29 is 4.79 Å². The maximum Gasteiger partial charge on any atom is 0.190 e. The molecule has 2 rings (SSSR count). The van der Waals surface area contributed by atoms with Crippen LogP contribution in [0.1, 0.15) is 29.2 Å². The van der Waals surface area contributed by atoms with Gasteiger partial charge in [-0.3, -0.25) is 4.79 Å². The summed E-state index contributed by atoms with van der Waals surface area (Å²) in [4.78, 5) is 17.8. The molecule has 6 heteroatoms. The molecule has 0 radical (unpaired) electrons. The van der Waals surface area contributed by atoms with Gasteiger partial charge in [0.15, 0.2) is 10.6 Å². The van der Waals surface area contributed by atoms with Crippen molar-refractivity contribution in [3.8, 4) is 0 Å². The lowest BCUT2D eigenvalue weighted by atomic mass is 10.3. The SMILES string of the molecule is CCn1c(C)c(C(C)=O)s/c1=N\c1ccc(Cl)cc1.Cl. The lowest BCUT2D eigenvalue weighted by Crippen LogP contribution is -2.14. The first-order valence-corrected chi connectivity index (χ1v) is 7.23. The molecule has 0 unspecified atom stereocenters. The molecule has 0 bridgehead atoms. The second-order valence-corrected chi connectivity index (χ2v) is 5.60. The largest absolute Gasteiger partial charge is 0.321 e. The molecular weight excluding hydrogens is 315 g/mol. The van der Waals surface area contributed by atoms with Crippen LogP contribution in [0, 0.1) is 6.92 Å². The Morgan fingerprint density at radius 1 is 1.35 bits per heavy atom. The fourth-order valence-corrected chi connectivity index (χ4v) is 3.13. The van der Waals surface area contributed by atoms with Gasteiger partial charge in [0, 0.05) is 24.2 Å². The standard InChI is InChI=1S/C14H15ClN2OS.ClH/c1-4-17-9(2)13(10(3)18)19-14(17)16-12-7-5-11(15)6-8-12;/h5-8H,4H2,1-3H3;1H/b16-14-;. The van der Waals surface area contributed by atoms with E-state index in [0.29, 0.717) is 5.02 Å². The zero-order valence-corrected chi connectivity index (χ0v) is 13.9. The highest BCUT2D eigenvalue weighted by molar-refractivity contribution is 7.11. The van der Waals surface area contributed by atoms with Crippen molar-refractivity contribution in [3.63, 3.8) is 0 Å². The van der Waals surface area contributed by atoms with Gasteiger partial charge in [-0.05, 0) is 38.1 Å². The lowest BCUT2D eigenvalue weighted by Gasteiger charge is -2.01. The molecule has 108 valence electrons. The van der Waals surface area contributed by atoms with Gasteiger partial charge in [-0.25, -0.2) is 4.99 Å². The molecule has 0 atom stereocenters. The average Bonchev–Trinajstić information content (AvgIpc) is 2.68. The van der Waals surface area contributed by atoms with E-state index in [0.717, 1.165) is 27.6 Å². The molecule has 3 nitrogen and oxygen atoms in total. The Labute approximate surface area is 133 Å². The van der Waals surface area contributed by atoms with Crippen LogP contribution < -0.4 is 4.80 Å². The van der Waals surface area contributed by atoms with Gasteiger partial charge in [0.05, 0.1) is 10.6 Å². The molecule has 1 heterocycles. The van der Waals surface area contributed by atoms with Crippen LogP contribution in [0.3, 0.4) is 0 Å². The summed E-state index contributed by atoms with van der Waals surface area (Å²) in [6.07, 6.45) is 0. The van der Waals surface area contributed by atoms with E-state index in [2.05, 4.69) is 9.56 Å². The Kier molecular flexibility index (Phi) is 5.99. The van der Waals surface area contributed by atoms with Crippen LogP contribution in [0.5, 0.6) is 0 Å². The number of Topliss-reactive ketones (excluding diaryl/α,β-unsaturated/α-hetero) is 1. The van der Waals surface area contributed by atoms with Crippen molar-refractivity contribution in [1.29, 1.82) is 0 Å². The summed E-state index contributed by atoms with van der Waals surface area (Å²) >= 11 is 7.29. The van der Waals surface area contributed by atoms with Crippen LogP contribution in [-0.2, 0) is 6.54 Å². The average molecular weight is 331 g/mol. The summed E-state index contributed by atoms with van der Waals surface area (Å²) in [5, 5.41) is 0.689. The summed E-state index contributed by atoms with van der Waals surface area (Å²) < 4.78 is 2.05. The van der Waals surface area contributed by atoms with E-state index >= 15 is 0 Å². The zero-order chi connectivity index (χ0) is 14.0. The number of thiazole rings is 1. The molecule has 0 aliphatic carbocycles. The number of nitrogens with zero attached hydrogens (tertiary/aromatic N) is 2. The molecule has 0 saturated heterocycles. The van der Waals surface area contributed by atoms with Gasteiger partial charge in [0.1, 0.15) is 0 Å². The Balaban J connectivity index is 0.00000200. The van der Waals surface area contributed by atoms with E-state index < -0.39 is 0 Å². The fourth-order valence-electron chi connectivity index (χ4n) is 1.89. The molecule has 0 aliphatic heterocycles. The van der Waals surface area contributed by atoms with Gasteiger partial charge in [-0.2, -0.15) is 0 Å². The van der Waals surface area contributed by atoms with Crippen LogP contribution in [0.25, 0.3) is 0 Å². The monoisotopic (exact) mass is 330 g/mol. The minimum Gasteiger partial charge on any atom is -0.321 e. The van der Waals surface area contributed by atoms with Crippen molar-refractivity contribution in [3.05, 3.63) is 44.7 Å². The van der Waals surface area contributed by atoms with Crippen LogP contribution >= 0.6 is 35.3 Å². The molecule has 20 heavy (non-hydrogen) atoms. The number of ketones is 1. The van der Waals surface area contributed by atoms with E-state index in [1.54, 1.807) is 6.92 Å². The van der Waals surface area contributed by atoms with Crippen LogP contribution in [0.15, 0.2) is 29.3 Å². The number of hydrogen-bond acceptors (Lipinski definition) is 3. The van der Waals surface area contributed by atoms with Crippen molar-refractivity contribution in [2.75, 3.05) is 0 Å². The summed E-state index contributed by atoms with van der Waals surface area (Å²) in [5.41, 5.74) is 1.82. The molecule has 0 N–H and O–H groups in total. The summed E-state index contributed by atoms with van der Waals surface area (Å²) in [6.45, 7) is 6.38. The van der Waals surface area contributed by atoms with E-state index in [9.17, 15) is 4.79 Å². The molecule has 1 aromatic heterocycles. The Morgan fingerprint density at radius 3 is 2.45 bits per heavy atom. The van der Waals surface area contributed by atoms with Crippen LogP contribution in [-0.4, -0.2) is 10.4 Å². The first kappa shape index (κ1) is 17.0. The van der Waals surface area contributed by atoms with Gasteiger partial charge >= 0.3 is 0 Å². The van der Waals surface area contributed by atoms with Crippen LogP contribution in [0.2, 0.25) is 5.02 Å². The minimum atomic E-state index is 0. The smallest absolute Gasteiger partial charge is 0.190 e. The molecule has 0 spiro atoms. The van der Waals surface area contributed by atoms with Crippen LogP contribution in [0.4, 0.5) is 5.69 Å². The van der Waals surface area contributed by atoms with Gasteiger partial charge in [0.2, 0.25) is 0 Å². The third-order valence-electron chi connectivity index (χ3n) is 2.85. The quantitative estimate of drug-likeness (QED) is 0.768. The molecule has 0 aliphatic rings. The van der Waals surface area contributed by atoms with Crippen molar-refractivity contribution in [1.82, 2.24) is 4.57 Å². The van der Waals surface area contributed by atoms with E-state index in [4.69, 9.17) is 11.6 Å². The van der Waals surface area contributed by atoms with Gasteiger partial charge in [-0.1, -0.05) is 22.9 Å². The lowest BCUT2D eigenvalue weighted by molar-refractivity contribution is 0.102. The summed E-state index contributed by atoms with van der Waals surface area (Å²) in [6, 6.07) is 7.35. The molecule has 0 saturated carbocycles. The van der Waals surface area contributed by atoms with Crippen molar-refractivity contribution in [2.45, 2.75) is 27.3 Å².